The maximum atomic E-state index is 9.98. The van der Waals surface area contributed by atoms with Crippen molar-refractivity contribution >= 4 is 11.7 Å². The van der Waals surface area contributed by atoms with Gasteiger partial charge in [-0.1, -0.05) is 30.3 Å². The Morgan fingerprint density at radius 3 is 2.64 bits per heavy atom. The highest BCUT2D eigenvalue weighted by molar-refractivity contribution is 6.13. The lowest BCUT2D eigenvalue weighted by Crippen LogP contribution is -2.69. The molecule has 4 bridgehead atoms. The van der Waals surface area contributed by atoms with E-state index in [1.807, 2.05) is 30.3 Å². The number of nitrogens with one attached hydrogen (secondary N) is 1. The average Bonchev–Trinajstić information content (AvgIpc) is 2.72. The summed E-state index contributed by atoms with van der Waals surface area (Å²) < 4.78 is 11.6. The second-order valence-electron chi connectivity index (χ2n) is 5.95. The van der Waals surface area contributed by atoms with Crippen LogP contribution in [0.4, 0.5) is 0 Å². The van der Waals surface area contributed by atoms with Gasteiger partial charge in [0.15, 0.2) is 10.8 Å². The van der Waals surface area contributed by atoms with Crippen molar-refractivity contribution in [3.63, 3.8) is 0 Å². The third-order valence-corrected chi connectivity index (χ3v) is 4.96. The van der Waals surface area contributed by atoms with Gasteiger partial charge in [-0.3, -0.25) is 5.41 Å². The summed E-state index contributed by atoms with van der Waals surface area (Å²) in [4.78, 5) is 4.09. The number of hydrogen-bond donors (Lipinski definition) is 1. The Morgan fingerprint density at radius 2 is 2.00 bits per heavy atom. The molecule has 4 aliphatic heterocycles. The Hall–Kier alpha value is -2.70. The van der Waals surface area contributed by atoms with Crippen molar-refractivity contribution in [1.29, 1.82) is 15.9 Å². The fourth-order valence-electron chi connectivity index (χ4n) is 3.91. The first-order valence-electron chi connectivity index (χ1n) is 6.93. The number of fused-ring (bicyclic) bond motifs is 1. The molecule has 3 fully saturated rings. The van der Waals surface area contributed by atoms with Crippen LogP contribution in [0.15, 0.2) is 35.3 Å². The second-order valence-corrected chi connectivity index (χ2v) is 5.95. The van der Waals surface area contributed by atoms with Crippen LogP contribution in [0.2, 0.25) is 0 Å². The van der Waals surface area contributed by atoms with Gasteiger partial charge in [-0.25, -0.2) is 0 Å². The molecule has 3 saturated heterocycles. The molecule has 22 heavy (non-hydrogen) atoms. The van der Waals surface area contributed by atoms with Gasteiger partial charge in [0.25, 0.3) is 0 Å². The Labute approximate surface area is 127 Å². The Balaban J connectivity index is 2.06. The number of amidine groups is 1. The topological polar surface area (TPSA) is 102 Å². The largest absolute Gasteiger partial charge is 0.447 e. The number of nitrogens with zero attached hydrogens (tertiary/aromatic N) is 3. The van der Waals surface area contributed by atoms with Gasteiger partial charge in [-0.15, -0.1) is 0 Å². The fraction of sp³-hybridized carbons (Fsp3) is 0.375. The van der Waals surface area contributed by atoms with Crippen LogP contribution in [0.3, 0.4) is 0 Å². The summed E-state index contributed by atoms with van der Waals surface area (Å²) >= 11 is 0. The van der Waals surface area contributed by atoms with E-state index < -0.39 is 22.5 Å². The molecule has 0 amide bonds. The lowest BCUT2D eigenvalue weighted by atomic mass is 9.52. The molecule has 6 heteroatoms. The van der Waals surface area contributed by atoms with Gasteiger partial charge in [0.05, 0.1) is 24.7 Å². The lowest BCUT2D eigenvalue weighted by Gasteiger charge is -2.57. The zero-order valence-corrected chi connectivity index (χ0v) is 11.8. The first-order chi connectivity index (χ1) is 10.5. The van der Waals surface area contributed by atoms with Crippen molar-refractivity contribution < 1.29 is 9.47 Å². The Kier molecular flexibility index (Phi) is 2.21. The summed E-state index contributed by atoms with van der Waals surface area (Å²) in [6.45, 7) is 1.75. The average molecular weight is 292 g/mol. The van der Waals surface area contributed by atoms with Gasteiger partial charge in [0, 0.05) is 6.92 Å². The normalized spacial score (nSPS) is 41.3. The summed E-state index contributed by atoms with van der Waals surface area (Å²) in [5, 5.41) is 28.0. The van der Waals surface area contributed by atoms with E-state index in [2.05, 4.69) is 17.1 Å². The zero-order valence-electron chi connectivity index (χ0n) is 11.8. The van der Waals surface area contributed by atoms with Crippen molar-refractivity contribution in [2.45, 2.75) is 18.6 Å². The first kappa shape index (κ1) is 13.0. The molecule has 108 valence electrons. The summed E-state index contributed by atoms with van der Waals surface area (Å²) in [5.74, 6) is -1.69. The number of benzene rings is 1. The van der Waals surface area contributed by atoms with Crippen molar-refractivity contribution in [3.8, 4) is 12.1 Å². The van der Waals surface area contributed by atoms with Gasteiger partial charge < -0.3 is 9.47 Å². The monoisotopic (exact) mass is 292 g/mol. The molecule has 0 spiro atoms. The maximum absolute atomic E-state index is 9.98. The van der Waals surface area contributed by atoms with Gasteiger partial charge in [0.2, 0.25) is 11.7 Å². The third-order valence-electron chi connectivity index (χ3n) is 4.96. The molecule has 1 aromatic carbocycles. The molecular formula is C16H12N4O2. The van der Waals surface area contributed by atoms with Crippen LogP contribution in [0, 0.1) is 38.9 Å². The number of aliphatic imine (C=N–C) groups is 1. The van der Waals surface area contributed by atoms with Crippen molar-refractivity contribution in [2.75, 3.05) is 6.61 Å². The minimum atomic E-state index is -1.39. The standard InChI is InChI=1S/C16H12N4O2/c1-14-11(10-5-3-2-4-6-10)16(8-18)12(19)20-13(22-14)15(16,7-17)9-21-14/h2-6,11,19H,9H2,1H3/t11-,14+,15+,16-/m1/s1. The summed E-state index contributed by atoms with van der Waals surface area (Å²) in [5.41, 5.74) is -1.94. The Morgan fingerprint density at radius 1 is 1.27 bits per heavy atom. The van der Waals surface area contributed by atoms with Crippen LogP contribution in [-0.4, -0.2) is 24.1 Å². The molecule has 4 aliphatic rings. The summed E-state index contributed by atoms with van der Waals surface area (Å²) in [6.07, 6.45) is 0. The Bertz CT molecular complexity index is 806. The number of ether oxygens (including phenoxy) is 2. The summed E-state index contributed by atoms with van der Waals surface area (Å²) in [6, 6.07) is 13.7. The van der Waals surface area contributed by atoms with Crippen LogP contribution < -0.4 is 0 Å². The molecule has 1 N–H and O–H groups in total. The van der Waals surface area contributed by atoms with E-state index in [-0.39, 0.29) is 18.3 Å². The van der Waals surface area contributed by atoms with E-state index in [0.29, 0.717) is 0 Å². The molecule has 4 atom stereocenters. The van der Waals surface area contributed by atoms with Crippen LogP contribution in [0.25, 0.3) is 0 Å². The van der Waals surface area contributed by atoms with Gasteiger partial charge >= 0.3 is 0 Å². The molecule has 5 rings (SSSR count). The van der Waals surface area contributed by atoms with Crippen LogP contribution in [-0.2, 0) is 9.47 Å². The van der Waals surface area contributed by atoms with E-state index in [1.54, 1.807) is 6.92 Å². The molecule has 0 aliphatic carbocycles. The minimum absolute atomic E-state index is 0.0120. The second kappa shape index (κ2) is 3.73. The molecule has 4 heterocycles. The quantitative estimate of drug-likeness (QED) is 0.854. The predicted octanol–water partition coefficient (Wildman–Crippen LogP) is 1.96. The smallest absolute Gasteiger partial charge is 0.218 e. The molecule has 0 radical (unpaired) electrons. The number of rotatable bonds is 1. The molecule has 0 saturated carbocycles. The van der Waals surface area contributed by atoms with Gasteiger partial charge in [0.1, 0.15) is 5.84 Å². The van der Waals surface area contributed by atoms with E-state index in [0.717, 1.165) is 5.56 Å². The van der Waals surface area contributed by atoms with E-state index in [1.165, 1.54) is 0 Å². The van der Waals surface area contributed by atoms with Crippen LogP contribution in [0.5, 0.6) is 0 Å². The fourth-order valence-corrected chi connectivity index (χ4v) is 3.91. The first-order valence-corrected chi connectivity index (χ1v) is 6.93. The molecule has 0 unspecified atom stereocenters. The maximum Gasteiger partial charge on any atom is 0.218 e. The molecule has 1 aromatic rings. The minimum Gasteiger partial charge on any atom is -0.447 e. The van der Waals surface area contributed by atoms with Crippen molar-refractivity contribution in [3.05, 3.63) is 35.9 Å². The highest BCUT2D eigenvalue weighted by Gasteiger charge is 2.79. The van der Waals surface area contributed by atoms with E-state index >= 15 is 0 Å². The molecular weight excluding hydrogens is 280 g/mol. The zero-order chi connectivity index (χ0) is 15.6. The predicted molar refractivity (Wildman–Crippen MR) is 75.9 cm³/mol. The van der Waals surface area contributed by atoms with Gasteiger partial charge in [-0.2, -0.15) is 15.5 Å². The number of hydrogen-bond acceptors (Lipinski definition) is 5. The summed E-state index contributed by atoms with van der Waals surface area (Å²) in [7, 11) is 0. The SMILES string of the molecule is C[C@@]12OC[C@@]3(C#N)C(=NC(=N)[C@@]3(C#N)[C@@H]1c1ccccc1)O2. The number of nitriles is 2. The van der Waals surface area contributed by atoms with Crippen molar-refractivity contribution in [2.24, 2.45) is 15.8 Å². The van der Waals surface area contributed by atoms with E-state index in [9.17, 15) is 10.5 Å². The van der Waals surface area contributed by atoms with Crippen LogP contribution >= 0.6 is 0 Å². The third kappa shape index (κ3) is 1.11. The van der Waals surface area contributed by atoms with Crippen molar-refractivity contribution in [1.82, 2.24) is 0 Å². The molecule has 0 aromatic heterocycles. The highest BCUT2D eigenvalue weighted by Crippen LogP contribution is 2.66. The van der Waals surface area contributed by atoms with Crippen LogP contribution in [0.1, 0.15) is 18.4 Å². The van der Waals surface area contributed by atoms with Gasteiger partial charge in [-0.05, 0) is 5.56 Å². The highest BCUT2D eigenvalue weighted by atomic mass is 16.7. The molecule has 6 nitrogen and oxygen atoms in total. The van der Waals surface area contributed by atoms with E-state index in [4.69, 9.17) is 14.9 Å². The lowest BCUT2D eigenvalue weighted by molar-refractivity contribution is -0.280.